The summed E-state index contributed by atoms with van der Waals surface area (Å²) in [6, 6.07) is 5.96. The van der Waals surface area contributed by atoms with Crippen LogP contribution in [0.25, 0.3) is 0 Å². The van der Waals surface area contributed by atoms with Gasteiger partial charge in [0.05, 0.1) is 7.11 Å². The van der Waals surface area contributed by atoms with Gasteiger partial charge in [0.2, 0.25) is 5.91 Å². The summed E-state index contributed by atoms with van der Waals surface area (Å²) >= 11 is 0. The van der Waals surface area contributed by atoms with Gasteiger partial charge in [0.15, 0.2) is 5.78 Å². The third-order valence-corrected chi connectivity index (χ3v) is 3.88. The van der Waals surface area contributed by atoms with E-state index in [0.717, 1.165) is 10.4 Å². The van der Waals surface area contributed by atoms with Crippen LogP contribution in [0.4, 0.5) is 0 Å². The highest BCUT2D eigenvalue weighted by atomic mass is 16.5. The second kappa shape index (κ2) is 6.31. The predicted molar refractivity (Wildman–Crippen MR) is 80.1 cm³/mol. The van der Waals surface area contributed by atoms with Crippen molar-refractivity contribution in [2.45, 2.75) is 26.2 Å². The number of benzene rings is 1. The normalized spacial score (nSPS) is 20.9. The lowest BCUT2D eigenvalue weighted by Gasteiger charge is -2.23. The smallest absolute Gasteiger partial charge is 0.412 e. The van der Waals surface area contributed by atoms with E-state index in [0.29, 0.717) is 5.56 Å². The highest BCUT2D eigenvalue weighted by molar-refractivity contribution is 6.50. The van der Waals surface area contributed by atoms with Gasteiger partial charge in [-0.2, -0.15) is 0 Å². The summed E-state index contributed by atoms with van der Waals surface area (Å²) in [5.41, 5.74) is 1.42. The number of hydrogen-bond acceptors (Lipinski definition) is 5. The molecule has 116 valence electrons. The first-order valence-corrected chi connectivity index (χ1v) is 7.05. The van der Waals surface area contributed by atoms with E-state index in [2.05, 4.69) is 4.74 Å². The Hall–Kier alpha value is -2.15. The monoisotopic (exact) mass is 303 g/mol. The lowest BCUT2D eigenvalue weighted by Crippen LogP contribution is -2.48. The molecule has 0 spiro atoms. The van der Waals surface area contributed by atoms with E-state index in [1.807, 2.05) is 6.92 Å². The Morgan fingerprint density at radius 2 is 1.91 bits per heavy atom. The lowest BCUT2D eigenvalue weighted by molar-refractivity contribution is -0.146. The summed E-state index contributed by atoms with van der Waals surface area (Å²) in [4.78, 5) is 37.7. The van der Waals surface area contributed by atoms with E-state index in [1.54, 1.807) is 24.3 Å². The van der Waals surface area contributed by atoms with Gasteiger partial charge in [0, 0.05) is 5.56 Å². The minimum absolute atomic E-state index is 0.0170. The Labute approximate surface area is 129 Å². The fraction of sp³-hybridized carbons (Fsp3) is 0.400. The van der Waals surface area contributed by atoms with E-state index in [-0.39, 0.29) is 12.2 Å². The molecule has 0 bridgehead atoms. The highest BCUT2D eigenvalue weighted by Gasteiger charge is 2.49. The van der Waals surface area contributed by atoms with E-state index >= 15 is 0 Å². The fourth-order valence-electron chi connectivity index (χ4n) is 2.70. The Morgan fingerprint density at radius 1 is 1.32 bits per heavy atom. The summed E-state index contributed by atoms with van der Waals surface area (Å²) in [5, 5.41) is 9.73. The van der Waals surface area contributed by atoms with Crippen LogP contribution in [0.3, 0.4) is 0 Å². The van der Waals surface area contributed by atoms with Crippen molar-refractivity contribution in [3.63, 3.8) is 0 Å². The molecule has 7 heteroatoms. The van der Waals surface area contributed by atoms with Crippen LogP contribution in [-0.2, 0) is 14.3 Å². The topological polar surface area (TPSA) is 83.9 Å². The van der Waals surface area contributed by atoms with Crippen LogP contribution in [0.15, 0.2) is 24.3 Å². The highest BCUT2D eigenvalue weighted by Crippen LogP contribution is 2.29. The van der Waals surface area contributed by atoms with Crippen molar-refractivity contribution in [2.24, 2.45) is 5.92 Å². The fourth-order valence-corrected chi connectivity index (χ4v) is 2.70. The number of aryl methyl sites for hydroxylation is 1. The Morgan fingerprint density at radius 3 is 2.41 bits per heavy atom. The maximum Gasteiger partial charge on any atom is 0.412 e. The predicted octanol–water partition coefficient (Wildman–Crippen LogP) is 0.678. The molecule has 22 heavy (non-hydrogen) atoms. The lowest BCUT2D eigenvalue weighted by atomic mass is 9.84. The van der Waals surface area contributed by atoms with E-state index in [9.17, 15) is 19.4 Å². The van der Waals surface area contributed by atoms with Gasteiger partial charge in [-0.25, -0.2) is 4.79 Å². The molecule has 0 radical (unpaired) electrons. The van der Waals surface area contributed by atoms with Gasteiger partial charge in [-0.05, 0) is 20.2 Å². The van der Waals surface area contributed by atoms with Gasteiger partial charge in [-0.1, -0.05) is 29.8 Å². The standard InChI is InChI=1S/C15H18BNO5/c1-9-4-6-10(7-5-9)13(18)11-8-12(15(20)22-3)17(14(11)19)16(2)21/h4-7,11-12,21H,8H2,1-3H3/t11?,12-/m0/s1. The zero-order valence-corrected chi connectivity index (χ0v) is 12.8. The molecular weight excluding hydrogens is 285 g/mol. The van der Waals surface area contributed by atoms with Crippen molar-refractivity contribution in [2.75, 3.05) is 7.11 Å². The van der Waals surface area contributed by atoms with Crippen molar-refractivity contribution >= 4 is 24.7 Å². The Kier molecular flexibility index (Phi) is 4.66. The molecular formula is C15H18BNO5. The number of amides is 1. The molecule has 1 N–H and O–H groups in total. The summed E-state index contributed by atoms with van der Waals surface area (Å²) in [7, 11) is 0.0507. The maximum atomic E-state index is 12.5. The van der Waals surface area contributed by atoms with Gasteiger partial charge in [-0.3, -0.25) is 9.59 Å². The van der Waals surface area contributed by atoms with Crippen molar-refractivity contribution in [3.8, 4) is 0 Å². The summed E-state index contributed by atoms with van der Waals surface area (Å²) in [6.07, 6.45) is 0.0170. The van der Waals surface area contributed by atoms with E-state index in [4.69, 9.17) is 0 Å². The number of Topliss-reactive ketones (excluding diaryl/α,β-unsaturated/α-hetero) is 1. The Balaban J connectivity index is 2.28. The minimum atomic E-state index is -1.16. The van der Waals surface area contributed by atoms with Gasteiger partial charge >= 0.3 is 13.0 Å². The number of ether oxygens (including phenoxy) is 1. The molecule has 2 atom stereocenters. The minimum Gasteiger partial charge on any atom is -0.468 e. The van der Waals surface area contributed by atoms with E-state index in [1.165, 1.54) is 13.9 Å². The molecule has 1 aromatic rings. The SMILES string of the molecule is COC(=O)[C@@H]1CC(C(=O)c2ccc(C)cc2)C(=O)N1B(C)O. The molecule has 1 saturated heterocycles. The zero-order valence-electron chi connectivity index (χ0n) is 12.8. The average Bonchev–Trinajstić information content (AvgIpc) is 2.84. The van der Waals surface area contributed by atoms with Crippen LogP contribution < -0.4 is 0 Å². The molecule has 0 aliphatic carbocycles. The number of carbonyl (C=O) groups excluding carboxylic acids is 3. The van der Waals surface area contributed by atoms with Crippen LogP contribution >= 0.6 is 0 Å². The van der Waals surface area contributed by atoms with Crippen LogP contribution in [0.2, 0.25) is 6.82 Å². The molecule has 0 saturated carbocycles. The molecule has 1 aliphatic heterocycles. The van der Waals surface area contributed by atoms with Gasteiger partial charge in [0.1, 0.15) is 12.0 Å². The van der Waals surface area contributed by atoms with Crippen molar-refractivity contribution in [3.05, 3.63) is 35.4 Å². The molecule has 1 aromatic carbocycles. The summed E-state index contributed by atoms with van der Waals surface area (Å²) in [6.45, 7) is 3.28. The molecule has 1 amide bonds. The summed E-state index contributed by atoms with van der Waals surface area (Å²) < 4.78 is 4.66. The van der Waals surface area contributed by atoms with Crippen LogP contribution in [-0.4, -0.2) is 47.7 Å². The molecule has 1 fully saturated rings. The Bertz CT molecular complexity index is 598. The van der Waals surface area contributed by atoms with Crippen LogP contribution in [0.5, 0.6) is 0 Å². The number of ketones is 1. The third-order valence-electron chi connectivity index (χ3n) is 3.88. The first kappa shape index (κ1) is 16.2. The number of carbonyl (C=O) groups is 3. The van der Waals surface area contributed by atoms with Crippen molar-refractivity contribution in [1.82, 2.24) is 4.81 Å². The number of esters is 1. The van der Waals surface area contributed by atoms with Crippen LogP contribution in [0.1, 0.15) is 22.3 Å². The number of methoxy groups -OCH3 is 1. The summed E-state index contributed by atoms with van der Waals surface area (Å²) in [5.74, 6) is -2.49. The molecule has 1 aliphatic rings. The molecule has 1 unspecified atom stereocenters. The molecule has 6 nitrogen and oxygen atoms in total. The number of rotatable bonds is 4. The van der Waals surface area contributed by atoms with Crippen molar-refractivity contribution < 1.29 is 24.1 Å². The van der Waals surface area contributed by atoms with Gasteiger partial charge in [0.25, 0.3) is 0 Å². The largest absolute Gasteiger partial charge is 0.468 e. The maximum absolute atomic E-state index is 12.5. The second-order valence-corrected chi connectivity index (χ2v) is 5.43. The second-order valence-electron chi connectivity index (χ2n) is 5.43. The molecule has 0 aromatic heterocycles. The first-order valence-electron chi connectivity index (χ1n) is 7.05. The number of hydrogen-bond donors (Lipinski definition) is 1. The molecule has 2 rings (SSSR count). The average molecular weight is 303 g/mol. The van der Waals surface area contributed by atoms with Gasteiger partial charge < -0.3 is 14.6 Å². The molecule has 1 heterocycles. The van der Waals surface area contributed by atoms with E-state index < -0.39 is 30.9 Å². The third kappa shape index (κ3) is 2.90. The van der Waals surface area contributed by atoms with Gasteiger partial charge in [-0.15, -0.1) is 0 Å². The zero-order chi connectivity index (χ0) is 16.4. The van der Waals surface area contributed by atoms with Crippen molar-refractivity contribution in [1.29, 1.82) is 0 Å². The quantitative estimate of drug-likeness (QED) is 0.383. The number of nitrogens with zero attached hydrogens (tertiary/aromatic N) is 1. The first-order chi connectivity index (χ1) is 10.4. The van der Waals surface area contributed by atoms with Crippen LogP contribution in [0, 0.1) is 12.8 Å².